The van der Waals surface area contributed by atoms with E-state index in [4.69, 9.17) is 0 Å². The first-order valence-corrected chi connectivity index (χ1v) is 10.4. The van der Waals surface area contributed by atoms with Crippen molar-refractivity contribution in [3.63, 3.8) is 0 Å². The maximum Gasteiger partial charge on any atom is 0.419 e. The van der Waals surface area contributed by atoms with Gasteiger partial charge >= 0.3 is 6.18 Å². The van der Waals surface area contributed by atoms with E-state index >= 15 is 4.39 Å². The van der Waals surface area contributed by atoms with E-state index in [0.29, 0.717) is 0 Å². The lowest BCUT2D eigenvalue weighted by Crippen LogP contribution is -2.17. The number of rotatable bonds is 5. The number of alkyl halides is 4. The number of H-pyrrole nitrogens is 1. The summed E-state index contributed by atoms with van der Waals surface area (Å²) in [4.78, 5) is 20.2. The molecule has 0 saturated heterocycles. The van der Waals surface area contributed by atoms with Gasteiger partial charge in [0.1, 0.15) is 11.7 Å². The molecule has 3 N–H and O–H groups in total. The van der Waals surface area contributed by atoms with E-state index in [1.807, 2.05) is 0 Å². The molecule has 0 spiro atoms. The molecule has 1 saturated carbocycles. The average Bonchev–Trinajstić information content (AvgIpc) is 3.12. The Labute approximate surface area is 188 Å². The summed E-state index contributed by atoms with van der Waals surface area (Å²) in [5.74, 6) is -2.64. The van der Waals surface area contributed by atoms with Crippen LogP contribution in [0.1, 0.15) is 25.8 Å². The van der Waals surface area contributed by atoms with Gasteiger partial charge in [0.05, 0.1) is 41.4 Å². The number of hydrogen-bond acceptors (Lipinski definition) is 5. The van der Waals surface area contributed by atoms with E-state index in [2.05, 4.69) is 30.8 Å². The lowest BCUT2D eigenvalue weighted by molar-refractivity contribution is -0.139. The third kappa shape index (κ3) is 3.70. The summed E-state index contributed by atoms with van der Waals surface area (Å²) >= 11 is 0. The average molecular weight is 479 g/mol. The highest BCUT2D eigenvalue weighted by Gasteiger charge is 2.44. The number of imidazole rings is 1. The highest BCUT2D eigenvalue weighted by Crippen LogP contribution is 2.45. The number of anilines is 2. The minimum Gasteiger partial charge on any atom is -0.379 e. The third-order valence-corrected chi connectivity index (χ3v) is 5.46. The van der Waals surface area contributed by atoms with Gasteiger partial charge in [-0.05, 0) is 20.3 Å². The van der Waals surface area contributed by atoms with Crippen molar-refractivity contribution in [1.29, 1.82) is 0 Å². The van der Waals surface area contributed by atoms with Crippen molar-refractivity contribution in [3.05, 3.63) is 36.2 Å². The second kappa shape index (κ2) is 7.64. The smallest absolute Gasteiger partial charge is 0.379 e. The Morgan fingerprint density at radius 3 is 2.65 bits per heavy atom. The Hall–Kier alpha value is -3.77. The number of carbonyl (C=O) groups is 1. The quantitative estimate of drug-likeness (QED) is 0.365. The minimum absolute atomic E-state index is 0.0279. The lowest BCUT2D eigenvalue weighted by Gasteiger charge is -2.20. The molecule has 1 amide bonds. The first-order chi connectivity index (χ1) is 16.0. The summed E-state index contributed by atoms with van der Waals surface area (Å²) in [6.45, 7) is 3.34. The first-order valence-electron chi connectivity index (χ1n) is 10.4. The van der Waals surface area contributed by atoms with E-state index < -0.39 is 41.1 Å². The van der Waals surface area contributed by atoms with Crippen LogP contribution in [0.4, 0.5) is 33.5 Å². The maximum atomic E-state index is 15.3. The predicted molar refractivity (Wildman–Crippen MR) is 113 cm³/mol. The monoisotopic (exact) mass is 479 g/mol. The van der Waals surface area contributed by atoms with Crippen LogP contribution in [-0.2, 0) is 11.0 Å². The summed E-state index contributed by atoms with van der Waals surface area (Å²) in [5.41, 5.74) is -2.18. The van der Waals surface area contributed by atoms with Crippen LogP contribution < -0.4 is 10.6 Å². The van der Waals surface area contributed by atoms with Crippen molar-refractivity contribution in [2.45, 2.75) is 38.7 Å². The van der Waals surface area contributed by atoms with Crippen LogP contribution in [0.2, 0.25) is 0 Å². The second-order valence-electron chi connectivity index (χ2n) is 8.41. The number of hydrogen-bond donors (Lipinski definition) is 3. The van der Waals surface area contributed by atoms with Gasteiger partial charge in [0.2, 0.25) is 5.91 Å². The fourth-order valence-corrected chi connectivity index (χ4v) is 3.84. The van der Waals surface area contributed by atoms with Crippen LogP contribution in [0.5, 0.6) is 0 Å². The molecule has 178 valence electrons. The fraction of sp³-hybridized carbons (Fsp3) is 0.333. The maximum absolute atomic E-state index is 15.3. The Bertz CT molecular complexity index is 1420. The van der Waals surface area contributed by atoms with E-state index in [1.54, 1.807) is 13.8 Å². The molecule has 1 aromatic carbocycles. The van der Waals surface area contributed by atoms with Crippen LogP contribution in [0.15, 0.2) is 24.8 Å². The molecule has 0 radical (unpaired) electrons. The molecule has 1 aliphatic rings. The summed E-state index contributed by atoms with van der Waals surface area (Å²) in [6, 6.07) is -0.342. The number of carbonyl (C=O) groups excluding carboxylic acids is 1. The van der Waals surface area contributed by atoms with Gasteiger partial charge in [-0.15, -0.1) is 0 Å². The molecule has 3 aromatic heterocycles. The molecule has 34 heavy (non-hydrogen) atoms. The van der Waals surface area contributed by atoms with E-state index in [1.165, 1.54) is 29.2 Å². The Morgan fingerprint density at radius 2 is 2.00 bits per heavy atom. The van der Waals surface area contributed by atoms with Crippen molar-refractivity contribution in [3.8, 4) is 11.3 Å². The fourth-order valence-electron chi connectivity index (χ4n) is 3.84. The van der Waals surface area contributed by atoms with Crippen molar-refractivity contribution >= 4 is 34.0 Å². The van der Waals surface area contributed by atoms with Gasteiger partial charge in [0.25, 0.3) is 0 Å². The topological polar surface area (TPSA) is 100 Å². The largest absolute Gasteiger partial charge is 0.419 e. The standard InChI is InChI=1S/C21H18F5N7O/c1-8(2)29-19-17(23)16(21(24,25)26)15(10-4-28-32-18(10)19)12-6-33-7-13(30-14(33)5-27-12)31-20(34)9-3-11(9)22/h4-9,11,29H,3H2,1-2H3,(H,28,32)(H,31,34). The molecule has 2 unspecified atom stereocenters. The highest BCUT2D eigenvalue weighted by molar-refractivity contribution is 6.02. The lowest BCUT2D eigenvalue weighted by atomic mass is 9.97. The first kappa shape index (κ1) is 22.0. The molecule has 1 aliphatic carbocycles. The second-order valence-corrected chi connectivity index (χ2v) is 8.41. The van der Waals surface area contributed by atoms with Gasteiger partial charge in [-0.2, -0.15) is 18.3 Å². The normalized spacial score (nSPS) is 18.1. The number of nitrogens with zero attached hydrogens (tertiary/aromatic N) is 4. The van der Waals surface area contributed by atoms with Crippen LogP contribution >= 0.6 is 0 Å². The van der Waals surface area contributed by atoms with Crippen LogP contribution in [0, 0.1) is 11.7 Å². The SMILES string of the molecule is CC(C)Nc1c(F)c(C(F)(F)F)c(-c2cn3cc(NC(=O)C4CC4F)nc3cn2)c2cn[nH]c12. The molecule has 5 rings (SSSR count). The number of fused-ring (bicyclic) bond motifs is 2. The van der Waals surface area contributed by atoms with Crippen LogP contribution in [0.3, 0.4) is 0 Å². The van der Waals surface area contributed by atoms with Gasteiger partial charge in [-0.25, -0.2) is 13.8 Å². The van der Waals surface area contributed by atoms with Crippen LogP contribution in [0.25, 0.3) is 27.8 Å². The number of halogens is 5. The van der Waals surface area contributed by atoms with Gasteiger partial charge in [-0.3, -0.25) is 14.9 Å². The Kier molecular flexibility index (Phi) is 4.95. The van der Waals surface area contributed by atoms with E-state index in [0.717, 1.165) is 0 Å². The molecule has 8 nitrogen and oxygen atoms in total. The van der Waals surface area contributed by atoms with Gasteiger partial charge in [0.15, 0.2) is 17.3 Å². The molecule has 1 fully saturated rings. The van der Waals surface area contributed by atoms with E-state index in [9.17, 15) is 22.4 Å². The highest BCUT2D eigenvalue weighted by atomic mass is 19.4. The van der Waals surface area contributed by atoms with Crippen molar-refractivity contribution in [2.75, 3.05) is 10.6 Å². The molecular weight excluding hydrogens is 461 g/mol. The molecule has 3 heterocycles. The van der Waals surface area contributed by atoms with Crippen molar-refractivity contribution in [1.82, 2.24) is 24.6 Å². The summed E-state index contributed by atoms with van der Waals surface area (Å²) in [6.07, 6.45) is -1.09. The zero-order chi connectivity index (χ0) is 24.4. The van der Waals surface area contributed by atoms with E-state index in [-0.39, 0.29) is 46.2 Å². The number of nitrogens with one attached hydrogen (secondary N) is 3. The number of benzene rings is 1. The summed E-state index contributed by atoms with van der Waals surface area (Å²) in [7, 11) is 0. The third-order valence-electron chi connectivity index (χ3n) is 5.46. The molecule has 2 atom stereocenters. The molecule has 13 heteroatoms. The molecule has 0 aliphatic heterocycles. The number of aromatic nitrogens is 5. The zero-order valence-electron chi connectivity index (χ0n) is 17.8. The molecular formula is C21H18F5N7O. The number of aromatic amines is 1. The van der Waals surface area contributed by atoms with Gasteiger partial charge in [0, 0.05) is 23.2 Å². The summed E-state index contributed by atoms with van der Waals surface area (Å²) in [5, 5.41) is 11.6. The predicted octanol–water partition coefficient (Wildman–Crippen LogP) is 4.55. The number of amides is 1. The van der Waals surface area contributed by atoms with Gasteiger partial charge < -0.3 is 15.0 Å². The van der Waals surface area contributed by atoms with Gasteiger partial charge in [-0.1, -0.05) is 0 Å². The minimum atomic E-state index is -5.03. The Morgan fingerprint density at radius 1 is 1.26 bits per heavy atom. The molecule has 4 aromatic rings. The molecule has 0 bridgehead atoms. The van der Waals surface area contributed by atoms with Crippen molar-refractivity contribution < 1.29 is 26.7 Å². The zero-order valence-corrected chi connectivity index (χ0v) is 17.8. The van der Waals surface area contributed by atoms with Crippen molar-refractivity contribution in [2.24, 2.45) is 5.92 Å². The summed E-state index contributed by atoms with van der Waals surface area (Å²) < 4.78 is 72.1. The Balaban J connectivity index is 1.65. The van der Waals surface area contributed by atoms with Crippen LogP contribution in [-0.4, -0.2) is 42.7 Å².